The number of fused-ring (bicyclic) bond motifs is 3. The van der Waals surface area contributed by atoms with Gasteiger partial charge in [-0.15, -0.1) is 0 Å². The van der Waals surface area contributed by atoms with Gasteiger partial charge in [0.2, 0.25) is 5.82 Å². The second kappa shape index (κ2) is 6.46. The highest BCUT2D eigenvalue weighted by atomic mass is 19.1. The number of para-hydroxylation sites is 1. The molecule has 29 heavy (non-hydrogen) atoms. The van der Waals surface area contributed by atoms with E-state index in [2.05, 4.69) is 15.1 Å². The minimum absolute atomic E-state index is 0.122. The van der Waals surface area contributed by atoms with Gasteiger partial charge >= 0.3 is 0 Å². The van der Waals surface area contributed by atoms with Gasteiger partial charge in [0.05, 0.1) is 12.1 Å². The van der Waals surface area contributed by atoms with E-state index in [4.69, 9.17) is 14.0 Å². The number of aromatic nitrogens is 5. The van der Waals surface area contributed by atoms with Crippen LogP contribution in [0.25, 0.3) is 28.1 Å². The molecule has 3 heterocycles. The zero-order chi connectivity index (χ0) is 20.2. The van der Waals surface area contributed by atoms with Crippen molar-refractivity contribution < 1.29 is 18.4 Å². The van der Waals surface area contributed by atoms with Crippen LogP contribution in [-0.4, -0.2) is 44.9 Å². The number of hydrogen-bond acceptors (Lipinski definition) is 7. The first-order valence-corrected chi connectivity index (χ1v) is 9.16. The van der Waals surface area contributed by atoms with Crippen molar-refractivity contribution in [2.45, 2.75) is 25.0 Å². The van der Waals surface area contributed by atoms with Gasteiger partial charge in [-0.25, -0.2) is 9.37 Å². The van der Waals surface area contributed by atoms with Crippen molar-refractivity contribution in [3.63, 3.8) is 0 Å². The van der Waals surface area contributed by atoms with Crippen LogP contribution in [0.5, 0.6) is 0 Å². The largest absolute Gasteiger partial charge is 0.383 e. The molecule has 1 saturated carbocycles. The smallest absolute Gasteiger partial charge is 0.279 e. The maximum Gasteiger partial charge on any atom is 0.279 e. The van der Waals surface area contributed by atoms with Gasteiger partial charge in [-0.1, -0.05) is 11.2 Å². The van der Waals surface area contributed by atoms with Gasteiger partial charge in [-0.3, -0.25) is 9.20 Å². The van der Waals surface area contributed by atoms with Crippen LogP contribution in [0.1, 0.15) is 18.7 Å². The maximum absolute atomic E-state index is 14.6. The fourth-order valence-electron chi connectivity index (χ4n) is 3.62. The maximum atomic E-state index is 14.6. The molecule has 5 rings (SSSR count). The standard InChI is InChI=1S/C19H18FN5O4/c1-27-9-8-24-14-11(20)4-3-5-12(14)25-10-21-13(15(25)17(24)26)16-22-18(23-29-16)19(28-2)6-7-19/h3-5,10H,6-9H2,1-2H3. The van der Waals surface area contributed by atoms with E-state index in [-0.39, 0.29) is 35.8 Å². The molecule has 0 saturated heterocycles. The van der Waals surface area contributed by atoms with Crippen molar-refractivity contribution in [1.82, 2.24) is 24.1 Å². The predicted octanol–water partition coefficient (Wildman–Crippen LogP) is 2.12. The Balaban J connectivity index is 1.76. The van der Waals surface area contributed by atoms with E-state index in [1.54, 1.807) is 23.6 Å². The number of rotatable bonds is 6. The molecule has 3 aromatic heterocycles. The Morgan fingerprint density at radius 2 is 2.10 bits per heavy atom. The molecule has 1 aromatic carbocycles. The van der Waals surface area contributed by atoms with Crippen molar-refractivity contribution in [1.29, 1.82) is 0 Å². The van der Waals surface area contributed by atoms with Gasteiger partial charge in [0.1, 0.15) is 28.8 Å². The summed E-state index contributed by atoms with van der Waals surface area (Å²) in [6.07, 6.45) is 3.07. The van der Waals surface area contributed by atoms with Gasteiger partial charge in [-0.2, -0.15) is 4.98 Å². The molecule has 1 fully saturated rings. The Bertz CT molecular complexity index is 1290. The van der Waals surface area contributed by atoms with Crippen LogP contribution in [0.3, 0.4) is 0 Å². The van der Waals surface area contributed by atoms with Crippen LogP contribution in [-0.2, 0) is 21.6 Å². The minimum atomic E-state index is -0.522. The van der Waals surface area contributed by atoms with Gasteiger partial charge < -0.3 is 18.6 Å². The lowest BCUT2D eigenvalue weighted by molar-refractivity contribution is 0.0689. The monoisotopic (exact) mass is 399 g/mol. The molecule has 0 N–H and O–H groups in total. The zero-order valence-electron chi connectivity index (χ0n) is 15.9. The first kappa shape index (κ1) is 18.0. The third-order valence-corrected chi connectivity index (χ3v) is 5.36. The summed E-state index contributed by atoms with van der Waals surface area (Å²) < 4.78 is 33.5. The summed E-state index contributed by atoms with van der Waals surface area (Å²) in [5, 5.41) is 4.01. The predicted molar refractivity (Wildman–Crippen MR) is 100 cm³/mol. The quantitative estimate of drug-likeness (QED) is 0.490. The SMILES string of the molecule is COCCn1c(=O)c2c(-c3nc(C4(OC)CC4)no3)ncn2c2cccc(F)c21. The Morgan fingerprint density at radius 1 is 1.28 bits per heavy atom. The van der Waals surface area contributed by atoms with E-state index in [0.717, 1.165) is 12.8 Å². The molecule has 0 amide bonds. The lowest BCUT2D eigenvalue weighted by Crippen LogP contribution is -2.25. The van der Waals surface area contributed by atoms with Crippen LogP contribution in [0, 0.1) is 5.82 Å². The van der Waals surface area contributed by atoms with Crippen LogP contribution in [0.2, 0.25) is 0 Å². The number of benzene rings is 1. The van der Waals surface area contributed by atoms with E-state index in [1.807, 2.05) is 0 Å². The zero-order valence-corrected chi connectivity index (χ0v) is 15.9. The van der Waals surface area contributed by atoms with Crippen LogP contribution >= 0.6 is 0 Å². The minimum Gasteiger partial charge on any atom is -0.383 e. The molecule has 1 aliphatic rings. The van der Waals surface area contributed by atoms with E-state index >= 15 is 0 Å². The Kier molecular flexibility index (Phi) is 4.00. The first-order valence-electron chi connectivity index (χ1n) is 9.16. The second-order valence-electron chi connectivity index (χ2n) is 6.99. The highest BCUT2D eigenvalue weighted by Gasteiger charge is 2.49. The van der Waals surface area contributed by atoms with Crippen LogP contribution < -0.4 is 5.56 Å². The molecule has 4 aromatic rings. The lowest BCUT2D eigenvalue weighted by atomic mass is 10.2. The number of nitrogens with zero attached hydrogens (tertiary/aromatic N) is 5. The topological polar surface area (TPSA) is 96.7 Å². The molecule has 0 unspecified atom stereocenters. The summed E-state index contributed by atoms with van der Waals surface area (Å²) in [6, 6.07) is 4.63. The highest BCUT2D eigenvalue weighted by Crippen LogP contribution is 2.47. The molecule has 0 radical (unpaired) electrons. The summed E-state index contributed by atoms with van der Waals surface area (Å²) in [5.41, 5.74) is 0.235. The van der Waals surface area contributed by atoms with Crippen LogP contribution in [0.4, 0.5) is 4.39 Å². The molecule has 0 aliphatic heterocycles. The number of imidazole rings is 1. The number of halogens is 1. The molecule has 1 aliphatic carbocycles. The molecule has 150 valence electrons. The molecule has 0 spiro atoms. The molecular weight excluding hydrogens is 381 g/mol. The van der Waals surface area contributed by atoms with Crippen molar-refractivity contribution >= 4 is 16.6 Å². The average Bonchev–Trinajstić information content (AvgIpc) is 3.15. The third-order valence-electron chi connectivity index (χ3n) is 5.36. The van der Waals surface area contributed by atoms with Gasteiger partial charge in [0, 0.05) is 20.8 Å². The third kappa shape index (κ3) is 2.60. The fourth-order valence-corrected chi connectivity index (χ4v) is 3.62. The van der Waals surface area contributed by atoms with Crippen molar-refractivity contribution in [3.05, 3.63) is 46.5 Å². The normalized spacial score (nSPS) is 15.4. The lowest BCUT2D eigenvalue weighted by Gasteiger charge is -2.12. The van der Waals surface area contributed by atoms with E-state index < -0.39 is 17.0 Å². The van der Waals surface area contributed by atoms with E-state index in [1.165, 1.54) is 24.1 Å². The van der Waals surface area contributed by atoms with Gasteiger partial charge in [0.15, 0.2) is 5.69 Å². The summed E-state index contributed by atoms with van der Waals surface area (Å²) in [7, 11) is 3.13. The molecule has 0 atom stereocenters. The number of hydrogen-bond donors (Lipinski definition) is 0. The average molecular weight is 399 g/mol. The second-order valence-corrected chi connectivity index (χ2v) is 6.99. The van der Waals surface area contributed by atoms with Gasteiger partial charge in [0.25, 0.3) is 11.4 Å². The summed E-state index contributed by atoms with van der Waals surface area (Å²) in [6.45, 7) is 0.444. The number of methoxy groups -OCH3 is 2. The number of ether oxygens (including phenoxy) is 2. The van der Waals surface area contributed by atoms with Crippen molar-refractivity contribution in [2.24, 2.45) is 0 Å². The molecule has 10 heteroatoms. The summed E-state index contributed by atoms with van der Waals surface area (Å²) >= 11 is 0. The van der Waals surface area contributed by atoms with E-state index in [9.17, 15) is 9.18 Å². The van der Waals surface area contributed by atoms with Crippen LogP contribution in [0.15, 0.2) is 33.8 Å². The molecule has 9 nitrogen and oxygen atoms in total. The molecule has 0 bridgehead atoms. The fraction of sp³-hybridized carbons (Fsp3) is 0.368. The summed E-state index contributed by atoms with van der Waals surface area (Å²) in [4.78, 5) is 22.0. The molecular formula is C19H18FN5O4. The highest BCUT2D eigenvalue weighted by molar-refractivity contribution is 5.83. The summed E-state index contributed by atoms with van der Waals surface area (Å²) in [5.74, 6) is 0.0587. The Hall–Kier alpha value is -3.11. The Morgan fingerprint density at radius 3 is 2.83 bits per heavy atom. The van der Waals surface area contributed by atoms with Gasteiger partial charge in [-0.05, 0) is 25.0 Å². The first-order chi connectivity index (χ1) is 14.1. The van der Waals surface area contributed by atoms with Crippen molar-refractivity contribution in [3.8, 4) is 11.6 Å². The Labute approximate surface area is 163 Å². The van der Waals surface area contributed by atoms with Crippen molar-refractivity contribution in [2.75, 3.05) is 20.8 Å². The van der Waals surface area contributed by atoms with E-state index in [0.29, 0.717) is 11.3 Å².